The number of aromatic hydroxyl groups is 1. The average Bonchev–Trinajstić information content (AvgIpc) is 2.66. The van der Waals surface area contributed by atoms with E-state index in [1.807, 2.05) is 0 Å². The van der Waals surface area contributed by atoms with Crippen LogP contribution in [0.25, 0.3) is 0 Å². The van der Waals surface area contributed by atoms with Gasteiger partial charge in [-0.2, -0.15) is 0 Å². The molecule has 3 rings (SSSR count). The van der Waals surface area contributed by atoms with Crippen LogP contribution in [0, 0.1) is 5.92 Å². The van der Waals surface area contributed by atoms with Crippen molar-refractivity contribution in [3.63, 3.8) is 0 Å². The van der Waals surface area contributed by atoms with E-state index in [9.17, 15) is 9.90 Å². The van der Waals surface area contributed by atoms with Crippen LogP contribution in [0.2, 0.25) is 0 Å². The van der Waals surface area contributed by atoms with Gasteiger partial charge in [0.25, 0.3) is 0 Å². The van der Waals surface area contributed by atoms with E-state index in [2.05, 4.69) is 0 Å². The minimum absolute atomic E-state index is 0.0703. The van der Waals surface area contributed by atoms with E-state index in [4.69, 9.17) is 4.74 Å². The molecule has 0 spiro atoms. The number of ether oxygens (including phenoxy) is 1. The van der Waals surface area contributed by atoms with Gasteiger partial charge in [0.15, 0.2) is 5.78 Å². The van der Waals surface area contributed by atoms with E-state index in [-0.39, 0.29) is 23.4 Å². The molecule has 0 aliphatic heterocycles. The zero-order valence-corrected chi connectivity index (χ0v) is 9.90. The highest BCUT2D eigenvalue weighted by Crippen LogP contribution is 2.52. The molecule has 1 aromatic rings. The summed E-state index contributed by atoms with van der Waals surface area (Å²) in [5, 5.41) is 9.89. The largest absolute Gasteiger partial charge is 0.507 e. The van der Waals surface area contributed by atoms with Gasteiger partial charge in [0.05, 0.1) is 12.7 Å². The monoisotopic (exact) mass is 232 g/mol. The molecule has 0 heterocycles. The molecule has 3 nitrogen and oxygen atoms in total. The van der Waals surface area contributed by atoms with E-state index in [0.29, 0.717) is 5.56 Å². The van der Waals surface area contributed by atoms with Gasteiger partial charge in [0.2, 0.25) is 0 Å². The summed E-state index contributed by atoms with van der Waals surface area (Å²) in [6.07, 6.45) is 4.25. The number of fused-ring (bicyclic) bond motifs is 3. The maximum atomic E-state index is 12.3. The van der Waals surface area contributed by atoms with Crippen molar-refractivity contribution >= 4 is 5.78 Å². The van der Waals surface area contributed by atoms with Crippen molar-refractivity contribution in [2.45, 2.75) is 31.6 Å². The quantitative estimate of drug-likeness (QED) is 0.809. The summed E-state index contributed by atoms with van der Waals surface area (Å²) in [5.74, 6) is 1.30. The number of carbonyl (C=O) groups excluding carboxylic acids is 1. The molecule has 0 saturated heterocycles. The molecular formula is C14H16O3. The summed E-state index contributed by atoms with van der Waals surface area (Å²) < 4.78 is 5.35. The lowest BCUT2D eigenvalue weighted by atomic mass is 9.79. The van der Waals surface area contributed by atoms with Crippen molar-refractivity contribution in [1.29, 1.82) is 0 Å². The molecule has 90 valence electrons. The van der Waals surface area contributed by atoms with Crippen molar-refractivity contribution in [2.75, 3.05) is 7.11 Å². The van der Waals surface area contributed by atoms with Gasteiger partial charge in [0, 0.05) is 11.5 Å². The standard InChI is InChI=1S/C14H16O3/c1-17-11-7-6-10(15)13-12(11)8-4-2-3-5-9(8)14(13)16/h6-9,15H,2-5H2,1H3. The zero-order chi connectivity index (χ0) is 12.0. The molecule has 2 unspecified atom stereocenters. The summed E-state index contributed by atoms with van der Waals surface area (Å²) in [4.78, 5) is 12.3. The SMILES string of the molecule is COc1ccc(O)c2c1C1CCCCC1C2=O. The third-order valence-electron chi connectivity index (χ3n) is 4.12. The fraction of sp³-hybridized carbons (Fsp3) is 0.500. The maximum Gasteiger partial charge on any atom is 0.170 e. The van der Waals surface area contributed by atoms with Crippen LogP contribution in [0.15, 0.2) is 12.1 Å². The first-order valence-corrected chi connectivity index (χ1v) is 6.18. The summed E-state index contributed by atoms with van der Waals surface area (Å²) in [6, 6.07) is 3.32. The van der Waals surface area contributed by atoms with E-state index in [0.717, 1.165) is 37.0 Å². The Hall–Kier alpha value is -1.51. The van der Waals surface area contributed by atoms with Gasteiger partial charge >= 0.3 is 0 Å². The van der Waals surface area contributed by atoms with Gasteiger partial charge in [0.1, 0.15) is 11.5 Å². The first-order valence-electron chi connectivity index (χ1n) is 6.18. The molecule has 1 saturated carbocycles. The number of methoxy groups -OCH3 is 1. The molecule has 0 aromatic heterocycles. The highest BCUT2D eigenvalue weighted by molar-refractivity contribution is 6.06. The molecule has 2 aliphatic rings. The Balaban J connectivity index is 2.20. The third kappa shape index (κ3) is 1.38. The van der Waals surface area contributed by atoms with E-state index < -0.39 is 0 Å². The number of rotatable bonds is 1. The second-order valence-corrected chi connectivity index (χ2v) is 4.94. The minimum atomic E-state index is 0.0703. The molecule has 2 atom stereocenters. The minimum Gasteiger partial charge on any atom is -0.507 e. The van der Waals surface area contributed by atoms with Crippen LogP contribution in [0.5, 0.6) is 11.5 Å². The van der Waals surface area contributed by atoms with Crippen LogP contribution in [0.1, 0.15) is 47.5 Å². The zero-order valence-electron chi connectivity index (χ0n) is 9.90. The topological polar surface area (TPSA) is 46.5 Å². The Bertz CT molecular complexity index is 479. The Labute approximate surface area is 100 Å². The van der Waals surface area contributed by atoms with Gasteiger partial charge in [-0.25, -0.2) is 0 Å². The lowest BCUT2D eigenvalue weighted by Gasteiger charge is -2.24. The Morgan fingerprint density at radius 1 is 1.24 bits per heavy atom. The van der Waals surface area contributed by atoms with Crippen molar-refractivity contribution in [2.24, 2.45) is 5.92 Å². The highest BCUT2D eigenvalue weighted by Gasteiger charge is 2.44. The molecule has 0 amide bonds. The number of phenolic OH excluding ortho intramolecular Hbond substituents is 1. The predicted molar refractivity (Wildman–Crippen MR) is 63.7 cm³/mol. The number of carbonyl (C=O) groups is 1. The number of benzene rings is 1. The number of hydrogen-bond donors (Lipinski definition) is 1. The Morgan fingerprint density at radius 3 is 2.65 bits per heavy atom. The Kier molecular flexibility index (Phi) is 2.35. The smallest absolute Gasteiger partial charge is 0.170 e. The number of ketones is 1. The fourth-order valence-corrected chi connectivity index (χ4v) is 3.37. The van der Waals surface area contributed by atoms with Crippen molar-refractivity contribution in [1.82, 2.24) is 0 Å². The van der Waals surface area contributed by atoms with Gasteiger partial charge < -0.3 is 9.84 Å². The molecule has 1 N–H and O–H groups in total. The second kappa shape index (κ2) is 3.76. The summed E-state index contributed by atoms with van der Waals surface area (Å²) in [5.41, 5.74) is 1.46. The lowest BCUT2D eigenvalue weighted by Crippen LogP contribution is -2.17. The first kappa shape index (κ1) is 10.6. The lowest BCUT2D eigenvalue weighted by molar-refractivity contribution is 0.0896. The maximum absolute atomic E-state index is 12.3. The molecule has 0 bridgehead atoms. The molecule has 0 radical (unpaired) electrons. The van der Waals surface area contributed by atoms with Crippen LogP contribution in [0.3, 0.4) is 0 Å². The summed E-state index contributed by atoms with van der Waals surface area (Å²) >= 11 is 0. The second-order valence-electron chi connectivity index (χ2n) is 4.94. The van der Waals surface area contributed by atoms with E-state index in [1.54, 1.807) is 19.2 Å². The van der Waals surface area contributed by atoms with Gasteiger partial charge in [-0.1, -0.05) is 12.8 Å². The number of phenols is 1. The summed E-state index contributed by atoms with van der Waals surface area (Å²) in [7, 11) is 1.62. The van der Waals surface area contributed by atoms with Crippen LogP contribution in [0.4, 0.5) is 0 Å². The van der Waals surface area contributed by atoms with Crippen LogP contribution in [-0.2, 0) is 0 Å². The van der Waals surface area contributed by atoms with Crippen molar-refractivity contribution in [3.8, 4) is 11.5 Å². The van der Waals surface area contributed by atoms with Crippen LogP contribution < -0.4 is 4.74 Å². The Morgan fingerprint density at radius 2 is 1.94 bits per heavy atom. The van der Waals surface area contributed by atoms with Crippen molar-refractivity contribution < 1.29 is 14.6 Å². The van der Waals surface area contributed by atoms with Crippen LogP contribution in [-0.4, -0.2) is 18.0 Å². The number of Topliss-reactive ketones (excluding diaryl/α,β-unsaturated/α-hetero) is 1. The van der Waals surface area contributed by atoms with Gasteiger partial charge in [-0.3, -0.25) is 4.79 Å². The predicted octanol–water partition coefficient (Wildman–Crippen LogP) is 2.87. The summed E-state index contributed by atoms with van der Waals surface area (Å²) in [6.45, 7) is 0. The van der Waals surface area contributed by atoms with Gasteiger partial charge in [-0.05, 0) is 30.9 Å². The van der Waals surface area contributed by atoms with Crippen molar-refractivity contribution in [3.05, 3.63) is 23.3 Å². The molecule has 3 heteroatoms. The molecule has 1 aromatic carbocycles. The van der Waals surface area contributed by atoms with E-state index >= 15 is 0 Å². The fourth-order valence-electron chi connectivity index (χ4n) is 3.37. The molecular weight excluding hydrogens is 216 g/mol. The average molecular weight is 232 g/mol. The highest BCUT2D eigenvalue weighted by atomic mass is 16.5. The number of hydrogen-bond acceptors (Lipinski definition) is 3. The van der Waals surface area contributed by atoms with E-state index in [1.165, 1.54) is 0 Å². The third-order valence-corrected chi connectivity index (χ3v) is 4.12. The molecule has 2 aliphatic carbocycles. The van der Waals surface area contributed by atoms with Gasteiger partial charge in [-0.15, -0.1) is 0 Å². The molecule has 17 heavy (non-hydrogen) atoms. The molecule has 1 fully saturated rings. The first-order chi connectivity index (χ1) is 8.24. The van der Waals surface area contributed by atoms with Crippen LogP contribution >= 0.6 is 0 Å². The normalized spacial score (nSPS) is 26.5.